The summed E-state index contributed by atoms with van der Waals surface area (Å²) >= 11 is 0. The van der Waals surface area contributed by atoms with E-state index in [1.807, 2.05) is 0 Å². The number of aromatic nitrogens is 1. The first-order chi connectivity index (χ1) is 8.25. The van der Waals surface area contributed by atoms with Crippen molar-refractivity contribution in [3.05, 3.63) is 24.0 Å². The van der Waals surface area contributed by atoms with Crippen LogP contribution in [0.3, 0.4) is 0 Å². The van der Waals surface area contributed by atoms with Gasteiger partial charge in [0, 0.05) is 25.0 Å². The summed E-state index contributed by atoms with van der Waals surface area (Å²) < 4.78 is 2.44. The first-order valence-corrected chi connectivity index (χ1v) is 7.13. The molecule has 0 spiro atoms. The lowest BCUT2D eigenvalue weighted by Crippen LogP contribution is -2.18. The van der Waals surface area contributed by atoms with Crippen molar-refractivity contribution < 1.29 is 0 Å². The maximum Gasteiger partial charge on any atom is 0.0330 e. The molecule has 1 aromatic rings. The molecule has 1 heterocycles. The van der Waals surface area contributed by atoms with Gasteiger partial charge in [-0.2, -0.15) is 0 Å². The van der Waals surface area contributed by atoms with Crippen LogP contribution in [-0.2, 0) is 6.54 Å². The lowest BCUT2D eigenvalue weighted by atomic mass is 9.95. The van der Waals surface area contributed by atoms with Gasteiger partial charge in [-0.05, 0) is 36.9 Å². The Morgan fingerprint density at radius 2 is 2.06 bits per heavy atom. The Labute approximate surface area is 105 Å². The first-order valence-electron chi connectivity index (χ1n) is 7.13. The summed E-state index contributed by atoms with van der Waals surface area (Å²) in [5, 5.41) is 3.50. The summed E-state index contributed by atoms with van der Waals surface area (Å²) in [5.41, 5.74) is 1.43. The van der Waals surface area contributed by atoms with E-state index in [0.717, 1.165) is 25.0 Å². The fourth-order valence-corrected chi connectivity index (χ4v) is 2.68. The SMILES string of the molecule is CC(C)CNCc1ccn(C2CCCCC2)c1. The smallest absolute Gasteiger partial charge is 0.0330 e. The number of hydrogen-bond acceptors (Lipinski definition) is 1. The average Bonchev–Trinajstić information content (AvgIpc) is 2.78. The highest BCUT2D eigenvalue weighted by molar-refractivity contribution is 5.11. The van der Waals surface area contributed by atoms with Crippen LogP contribution in [0.1, 0.15) is 57.6 Å². The van der Waals surface area contributed by atoms with Crippen molar-refractivity contribution in [2.45, 2.75) is 58.5 Å². The summed E-state index contributed by atoms with van der Waals surface area (Å²) in [6, 6.07) is 3.03. The van der Waals surface area contributed by atoms with Crippen LogP contribution in [0.5, 0.6) is 0 Å². The molecule has 0 radical (unpaired) electrons. The standard InChI is InChI=1S/C15H26N2/c1-13(2)10-16-11-14-8-9-17(12-14)15-6-4-3-5-7-15/h8-9,12-13,15-16H,3-7,10-11H2,1-2H3. The van der Waals surface area contributed by atoms with Crippen molar-refractivity contribution in [1.82, 2.24) is 9.88 Å². The Morgan fingerprint density at radius 3 is 2.76 bits per heavy atom. The van der Waals surface area contributed by atoms with Crippen LogP contribution in [0.4, 0.5) is 0 Å². The van der Waals surface area contributed by atoms with Crippen LogP contribution >= 0.6 is 0 Å². The van der Waals surface area contributed by atoms with Crippen molar-refractivity contribution >= 4 is 0 Å². The summed E-state index contributed by atoms with van der Waals surface area (Å²) in [4.78, 5) is 0. The Bertz CT molecular complexity index is 321. The second-order valence-corrected chi connectivity index (χ2v) is 5.78. The Hall–Kier alpha value is -0.760. The van der Waals surface area contributed by atoms with Gasteiger partial charge in [-0.1, -0.05) is 33.1 Å². The van der Waals surface area contributed by atoms with Crippen molar-refractivity contribution in [3.63, 3.8) is 0 Å². The van der Waals surface area contributed by atoms with Gasteiger partial charge in [0.1, 0.15) is 0 Å². The maximum absolute atomic E-state index is 3.50. The maximum atomic E-state index is 3.50. The van der Waals surface area contributed by atoms with Crippen molar-refractivity contribution in [2.24, 2.45) is 5.92 Å². The van der Waals surface area contributed by atoms with Gasteiger partial charge in [0.05, 0.1) is 0 Å². The quantitative estimate of drug-likeness (QED) is 0.821. The highest BCUT2D eigenvalue weighted by atomic mass is 15.0. The van der Waals surface area contributed by atoms with Crippen molar-refractivity contribution in [3.8, 4) is 0 Å². The largest absolute Gasteiger partial charge is 0.351 e. The van der Waals surface area contributed by atoms with Gasteiger partial charge in [0.15, 0.2) is 0 Å². The summed E-state index contributed by atoms with van der Waals surface area (Å²) in [6.45, 7) is 6.62. The Morgan fingerprint density at radius 1 is 1.29 bits per heavy atom. The molecule has 1 N–H and O–H groups in total. The molecule has 1 saturated carbocycles. The first kappa shape index (κ1) is 12.7. The molecule has 96 valence electrons. The molecule has 2 nitrogen and oxygen atoms in total. The molecule has 1 aliphatic carbocycles. The molecule has 0 aromatic carbocycles. The number of nitrogens with one attached hydrogen (secondary N) is 1. The molecule has 0 atom stereocenters. The third-order valence-electron chi connectivity index (χ3n) is 3.65. The predicted molar refractivity (Wildman–Crippen MR) is 73.1 cm³/mol. The van der Waals surface area contributed by atoms with Crippen LogP contribution in [0, 0.1) is 5.92 Å². The van der Waals surface area contributed by atoms with E-state index in [-0.39, 0.29) is 0 Å². The lowest BCUT2D eigenvalue weighted by Gasteiger charge is -2.23. The highest BCUT2D eigenvalue weighted by Crippen LogP contribution is 2.28. The Kier molecular flexibility index (Phi) is 4.66. The van der Waals surface area contributed by atoms with Crippen LogP contribution in [0.2, 0.25) is 0 Å². The van der Waals surface area contributed by atoms with Gasteiger partial charge in [-0.15, -0.1) is 0 Å². The van der Waals surface area contributed by atoms with Gasteiger partial charge in [-0.25, -0.2) is 0 Å². The third-order valence-corrected chi connectivity index (χ3v) is 3.65. The predicted octanol–water partition coefficient (Wildman–Crippen LogP) is 3.74. The molecule has 0 saturated heterocycles. The zero-order chi connectivity index (χ0) is 12.1. The van der Waals surface area contributed by atoms with Gasteiger partial charge >= 0.3 is 0 Å². The minimum Gasteiger partial charge on any atom is -0.351 e. The molecule has 2 rings (SSSR count). The summed E-state index contributed by atoms with van der Waals surface area (Å²) in [7, 11) is 0. The minimum absolute atomic E-state index is 0.732. The molecular formula is C15H26N2. The van der Waals surface area contributed by atoms with E-state index in [1.54, 1.807) is 0 Å². The summed E-state index contributed by atoms with van der Waals surface area (Å²) in [5.74, 6) is 0.732. The van der Waals surface area contributed by atoms with Crippen LogP contribution in [0.15, 0.2) is 18.5 Å². The van der Waals surface area contributed by atoms with Crippen LogP contribution in [0.25, 0.3) is 0 Å². The monoisotopic (exact) mass is 234 g/mol. The lowest BCUT2D eigenvalue weighted by molar-refractivity contribution is 0.353. The topological polar surface area (TPSA) is 17.0 Å². The van der Waals surface area contributed by atoms with Crippen LogP contribution < -0.4 is 5.32 Å². The number of hydrogen-bond donors (Lipinski definition) is 1. The van der Waals surface area contributed by atoms with E-state index in [0.29, 0.717) is 0 Å². The molecule has 1 aromatic heterocycles. The molecule has 2 heteroatoms. The normalized spacial score (nSPS) is 17.8. The van der Waals surface area contributed by atoms with Gasteiger partial charge in [0.2, 0.25) is 0 Å². The molecule has 0 aliphatic heterocycles. The van der Waals surface area contributed by atoms with Gasteiger partial charge < -0.3 is 9.88 Å². The van der Waals surface area contributed by atoms with Crippen molar-refractivity contribution in [2.75, 3.05) is 6.54 Å². The fourth-order valence-electron chi connectivity index (χ4n) is 2.68. The van der Waals surface area contributed by atoms with E-state index in [4.69, 9.17) is 0 Å². The third kappa shape index (κ3) is 3.88. The van der Waals surface area contributed by atoms with Gasteiger partial charge in [0.25, 0.3) is 0 Å². The molecule has 0 amide bonds. The molecule has 1 fully saturated rings. The van der Waals surface area contributed by atoms with Crippen molar-refractivity contribution in [1.29, 1.82) is 0 Å². The average molecular weight is 234 g/mol. The van der Waals surface area contributed by atoms with Crippen LogP contribution in [-0.4, -0.2) is 11.1 Å². The highest BCUT2D eigenvalue weighted by Gasteiger charge is 2.14. The van der Waals surface area contributed by atoms with E-state index in [9.17, 15) is 0 Å². The Balaban J connectivity index is 1.82. The zero-order valence-electron chi connectivity index (χ0n) is 11.3. The molecular weight excluding hydrogens is 208 g/mol. The molecule has 0 bridgehead atoms. The van der Waals surface area contributed by atoms with E-state index in [2.05, 4.69) is 42.2 Å². The molecule has 0 unspecified atom stereocenters. The number of rotatable bonds is 5. The van der Waals surface area contributed by atoms with Gasteiger partial charge in [-0.3, -0.25) is 0 Å². The summed E-state index contributed by atoms with van der Waals surface area (Å²) in [6.07, 6.45) is 11.6. The molecule has 1 aliphatic rings. The van der Waals surface area contributed by atoms with E-state index in [1.165, 1.54) is 37.7 Å². The molecule has 17 heavy (non-hydrogen) atoms. The number of nitrogens with zero attached hydrogens (tertiary/aromatic N) is 1. The fraction of sp³-hybridized carbons (Fsp3) is 0.733. The second kappa shape index (κ2) is 6.25. The minimum atomic E-state index is 0.732. The zero-order valence-corrected chi connectivity index (χ0v) is 11.3. The van der Waals surface area contributed by atoms with E-state index < -0.39 is 0 Å². The van der Waals surface area contributed by atoms with E-state index >= 15 is 0 Å². The second-order valence-electron chi connectivity index (χ2n) is 5.78.